The molecule has 3 aromatic carbocycles. The summed E-state index contributed by atoms with van der Waals surface area (Å²) >= 11 is 6.17. The van der Waals surface area contributed by atoms with Crippen LogP contribution in [0, 0.1) is 0 Å². The number of hydrogen-bond donors (Lipinski definition) is 1. The van der Waals surface area contributed by atoms with Crippen LogP contribution < -0.4 is 4.74 Å². The topological polar surface area (TPSA) is 59.0 Å². The van der Waals surface area contributed by atoms with Gasteiger partial charge in [0, 0.05) is 26.7 Å². The highest BCUT2D eigenvalue weighted by atomic mass is 35.5. The standard InChI is InChI=1S/C28H29ClF3NO4/c1-36-25(21-9-3-2-4-10-21)19-33(18-22-11-6-13-24(27(22)29)28(30,31)32)14-7-15-37-23-12-5-8-20(16-23)17-26(34)35/h2-6,8-13,16,25H,7,14-15,17-19H2,1H3,(H,34,35)/t25-/m1/s1. The van der Waals surface area contributed by atoms with Gasteiger partial charge in [-0.25, -0.2) is 0 Å². The molecule has 5 nitrogen and oxygen atoms in total. The number of benzene rings is 3. The zero-order valence-corrected chi connectivity index (χ0v) is 21.1. The number of halogens is 4. The fourth-order valence-electron chi connectivity index (χ4n) is 4.01. The number of aliphatic carboxylic acids is 1. The molecule has 0 fully saturated rings. The summed E-state index contributed by atoms with van der Waals surface area (Å²) in [7, 11) is 1.60. The molecule has 198 valence electrons. The van der Waals surface area contributed by atoms with Gasteiger partial charge in [0.15, 0.2) is 0 Å². The van der Waals surface area contributed by atoms with E-state index in [1.807, 2.05) is 35.2 Å². The van der Waals surface area contributed by atoms with Gasteiger partial charge in [0.25, 0.3) is 0 Å². The minimum Gasteiger partial charge on any atom is -0.494 e. The van der Waals surface area contributed by atoms with E-state index in [4.69, 9.17) is 26.2 Å². The number of carboxylic acid groups (broad SMARTS) is 1. The summed E-state index contributed by atoms with van der Waals surface area (Å²) in [6.45, 7) is 1.48. The van der Waals surface area contributed by atoms with Crippen LogP contribution in [0.15, 0.2) is 72.8 Å². The Hall–Kier alpha value is -3.07. The fourth-order valence-corrected chi connectivity index (χ4v) is 4.31. The maximum atomic E-state index is 13.4. The van der Waals surface area contributed by atoms with Crippen molar-refractivity contribution in [2.24, 2.45) is 0 Å². The normalized spacial score (nSPS) is 12.5. The quantitative estimate of drug-likeness (QED) is 0.248. The van der Waals surface area contributed by atoms with Crippen LogP contribution in [0.3, 0.4) is 0 Å². The van der Waals surface area contributed by atoms with E-state index in [9.17, 15) is 18.0 Å². The maximum Gasteiger partial charge on any atom is 0.417 e. The number of hydrogen-bond acceptors (Lipinski definition) is 4. The molecule has 0 amide bonds. The van der Waals surface area contributed by atoms with E-state index >= 15 is 0 Å². The Balaban J connectivity index is 1.71. The first-order valence-electron chi connectivity index (χ1n) is 11.8. The van der Waals surface area contributed by atoms with Gasteiger partial charge in [0.05, 0.1) is 29.7 Å². The smallest absolute Gasteiger partial charge is 0.417 e. The van der Waals surface area contributed by atoms with Crippen LogP contribution in [0.1, 0.15) is 34.8 Å². The number of carbonyl (C=O) groups is 1. The van der Waals surface area contributed by atoms with E-state index in [2.05, 4.69) is 0 Å². The molecule has 0 aliphatic carbocycles. The van der Waals surface area contributed by atoms with E-state index in [1.165, 1.54) is 6.07 Å². The second-order valence-electron chi connectivity index (χ2n) is 8.57. The Morgan fingerprint density at radius 3 is 2.46 bits per heavy atom. The molecular formula is C28H29ClF3NO4. The Morgan fingerprint density at radius 2 is 1.78 bits per heavy atom. The predicted octanol–water partition coefficient (Wildman–Crippen LogP) is 6.64. The van der Waals surface area contributed by atoms with Crippen molar-refractivity contribution in [3.63, 3.8) is 0 Å². The van der Waals surface area contributed by atoms with Crippen LogP contribution in [-0.4, -0.2) is 42.8 Å². The van der Waals surface area contributed by atoms with Gasteiger partial charge in [-0.05, 0) is 41.3 Å². The van der Waals surface area contributed by atoms with E-state index in [-0.39, 0.29) is 24.1 Å². The summed E-state index contributed by atoms with van der Waals surface area (Å²) in [5.41, 5.74) is 1.11. The lowest BCUT2D eigenvalue weighted by atomic mass is 10.1. The van der Waals surface area contributed by atoms with Crippen LogP contribution >= 0.6 is 11.6 Å². The second-order valence-corrected chi connectivity index (χ2v) is 8.94. The third-order valence-electron chi connectivity index (χ3n) is 5.80. The van der Waals surface area contributed by atoms with Gasteiger partial charge < -0.3 is 14.6 Å². The van der Waals surface area contributed by atoms with Crippen molar-refractivity contribution in [3.05, 3.63) is 100 Å². The zero-order valence-electron chi connectivity index (χ0n) is 20.4. The van der Waals surface area contributed by atoms with Crippen LogP contribution in [-0.2, 0) is 28.7 Å². The van der Waals surface area contributed by atoms with Gasteiger partial charge in [0.2, 0.25) is 0 Å². The first kappa shape index (κ1) is 28.5. The van der Waals surface area contributed by atoms with E-state index < -0.39 is 17.7 Å². The van der Waals surface area contributed by atoms with E-state index in [0.717, 1.165) is 11.6 Å². The predicted molar refractivity (Wildman–Crippen MR) is 136 cm³/mol. The molecule has 0 spiro atoms. The summed E-state index contributed by atoms with van der Waals surface area (Å²) in [4.78, 5) is 12.9. The summed E-state index contributed by atoms with van der Waals surface area (Å²) in [6.07, 6.45) is -4.36. The minimum atomic E-state index is -4.54. The van der Waals surface area contributed by atoms with Crippen LogP contribution in [0.5, 0.6) is 5.75 Å². The molecule has 37 heavy (non-hydrogen) atoms. The molecule has 0 aliphatic rings. The van der Waals surface area contributed by atoms with Crippen molar-refractivity contribution in [1.29, 1.82) is 0 Å². The third kappa shape index (κ3) is 8.77. The molecule has 0 saturated carbocycles. The van der Waals surface area contributed by atoms with Crippen molar-refractivity contribution in [2.75, 3.05) is 26.8 Å². The molecule has 0 unspecified atom stereocenters. The third-order valence-corrected chi connectivity index (χ3v) is 6.25. The molecule has 9 heteroatoms. The average Bonchev–Trinajstić information content (AvgIpc) is 2.85. The number of methoxy groups -OCH3 is 1. The molecule has 1 N–H and O–H groups in total. The summed E-state index contributed by atoms with van der Waals surface area (Å²) < 4.78 is 51.7. The number of nitrogens with zero attached hydrogens (tertiary/aromatic N) is 1. The number of rotatable bonds is 13. The zero-order chi connectivity index (χ0) is 26.8. The molecule has 1 atom stereocenters. The largest absolute Gasteiger partial charge is 0.494 e. The molecule has 0 saturated heterocycles. The number of alkyl halides is 3. The van der Waals surface area contributed by atoms with Gasteiger partial charge in [0.1, 0.15) is 5.75 Å². The van der Waals surface area contributed by atoms with E-state index in [1.54, 1.807) is 37.4 Å². The summed E-state index contributed by atoms with van der Waals surface area (Å²) in [5.74, 6) is -0.363. The van der Waals surface area contributed by atoms with Crippen molar-refractivity contribution in [2.45, 2.75) is 31.7 Å². The van der Waals surface area contributed by atoms with Gasteiger partial charge in [-0.2, -0.15) is 13.2 Å². The highest BCUT2D eigenvalue weighted by Crippen LogP contribution is 2.36. The number of carboxylic acids is 1. The van der Waals surface area contributed by atoms with Crippen molar-refractivity contribution < 1.29 is 32.5 Å². The minimum absolute atomic E-state index is 0.0966. The molecule has 0 aromatic heterocycles. The summed E-state index contributed by atoms with van der Waals surface area (Å²) in [6, 6.07) is 20.4. The van der Waals surface area contributed by atoms with Crippen molar-refractivity contribution >= 4 is 17.6 Å². The van der Waals surface area contributed by atoms with Crippen molar-refractivity contribution in [3.8, 4) is 5.75 Å². The molecule has 3 rings (SSSR count). The Morgan fingerprint density at radius 1 is 1.05 bits per heavy atom. The second kappa shape index (κ2) is 13.5. The van der Waals surface area contributed by atoms with Gasteiger partial charge in [-0.1, -0.05) is 66.2 Å². The van der Waals surface area contributed by atoms with E-state index in [0.29, 0.717) is 43.0 Å². The lowest BCUT2D eigenvalue weighted by Crippen LogP contribution is -2.31. The van der Waals surface area contributed by atoms with Crippen molar-refractivity contribution in [1.82, 2.24) is 4.90 Å². The van der Waals surface area contributed by atoms with Gasteiger partial charge in [-0.15, -0.1) is 0 Å². The highest BCUT2D eigenvalue weighted by molar-refractivity contribution is 6.32. The monoisotopic (exact) mass is 535 g/mol. The maximum absolute atomic E-state index is 13.4. The van der Waals surface area contributed by atoms with Crippen LogP contribution in [0.2, 0.25) is 5.02 Å². The van der Waals surface area contributed by atoms with Crippen LogP contribution in [0.25, 0.3) is 0 Å². The first-order chi connectivity index (χ1) is 17.7. The lowest BCUT2D eigenvalue weighted by Gasteiger charge is -2.28. The lowest BCUT2D eigenvalue weighted by molar-refractivity contribution is -0.138. The molecule has 0 bridgehead atoms. The molecule has 3 aromatic rings. The first-order valence-corrected chi connectivity index (χ1v) is 12.1. The Labute approximate surface area is 219 Å². The molecule has 0 radical (unpaired) electrons. The Bertz CT molecular complexity index is 1160. The molecule has 0 heterocycles. The van der Waals surface area contributed by atoms with Gasteiger partial charge >= 0.3 is 12.1 Å². The Kier molecular flexibility index (Phi) is 10.4. The van der Waals surface area contributed by atoms with Crippen LogP contribution in [0.4, 0.5) is 13.2 Å². The fraction of sp³-hybridized carbons (Fsp3) is 0.321. The SMILES string of the molecule is CO[C@H](CN(CCCOc1cccc(CC(=O)O)c1)Cc1cccc(C(F)(F)F)c1Cl)c1ccccc1. The summed E-state index contributed by atoms with van der Waals surface area (Å²) in [5, 5.41) is 8.68. The molecule has 0 aliphatic heterocycles. The highest BCUT2D eigenvalue weighted by Gasteiger charge is 2.34. The molecular weight excluding hydrogens is 507 g/mol. The van der Waals surface area contributed by atoms with Gasteiger partial charge in [-0.3, -0.25) is 9.69 Å². The number of ether oxygens (including phenoxy) is 2. The average molecular weight is 536 g/mol.